The van der Waals surface area contributed by atoms with Crippen molar-refractivity contribution in [2.24, 2.45) is 0 Å². The number of rotatable bonds is 4. The summed E-state index contributed by atoms with van der Waals surface area (Å²) in [5.74, 6) is 0.468. The number of carbonyl (C=O) groups is 2. The van der Waals surface area contributed by atoms with Gasteiger partial charge in [0.1, 0.15) is 5.75 Å². The number of amides is 2. The van der Waals surface area contributed by atoms with Crippen molar-refractivity contribution < 1.29 is 14.3 Å². The summed E-state index contributed by atoms with van der Waals surface area (Å²) in [7, 11) is 1.73. The second-order valence-electron chi connectivity index (χ2n) is 4.90. The molecule has 2 rings (SSSR count). The normalized spacial score (nSPS) is 19.9. The Morgan fingerprint density at radius 2 is 2.30 bits per heavy atom. The van der Waals surface area contributed by atoms with Gasteiger partial charge in [-0.2, -0.15) is 0 Å². The number of halogens is 1. The largest absolute Gasteiger partial charge is 0.481 e. The lowest BCUT2D eigenvalue weighted by Crippen LogP contribution is -2.43. The van der Waals surface area contributed by atoms with Gasteiger partial charge in [-0.1, -0.05) is 22.0 Å². The Hall–Kier alpha value is -1.56. The van der Waals surface area contributed by atoms with Gasteiger partial charge in [0.15, 0.2) is 6.10 Å². The second-order valence-corrected chi connectivity index (χ2v) is 5.82. The molecule has 1 saturated heterocycles. The summed E-state index contributed by atoms with van der Waals surface area (Å²) in [6.45, 7) is 2.24. The SMILES string of the molecule is C[C@@H](Oc1cccc(Br)c1)C(=O)N[C@@H]1CC(=O)N(C)C1. The minimum atomic E-state index is -0.606. The van der Waals surface area contributed by atoms with Gasteiger partial charge in [-0.3, -0.25) is 9.59 Å². The van der Waals surface area contributed by atoms with E-state index in [0.29, 0.717) is 18.7 Å². The molecule has 1 aliphatic rings. The standard InChI is InChI=1S/C14H17BrN2O3/c1-9(20-12-5-3-4-10(15)6-12)14(19)16-11-7-13(18)17(2)8-11/h3-6,9,11H,7-8H2,1-2H3,(H,16,19)/t9-,11-/m1/s1. The average molecular weight is 341 g/mol. The van der Waals surface area contributed by atoms with Gasteiger partial charge in [-0.05, 0) is 25.1 Å². The number of likely N-dealkylation sites (tertiary alicyclic amines) is 1. The zero-order valence-electron chi connectivity index (χ0n) is 11.4. The first kappa shape index (κ1) is 14.8. The number of benzene rings is 1. The van der Waals surface area contributed by atoms with Crippen molar-refractivity contribution in [3.63, 3.8) is 0 Å². The molecule has 5 nitrogen and oxygen atoms in total. The van der Waals surface area contributed by atoms with E-state index in [4.69, 9.17) is 4.74 Å². The van der Waals surface area contributed by atoms with E-state index in [1.807, 2.05) is 12.1 Å². The van der Waals surface area contributed by atoms with Crippen LogP contribution in [-0.4, -0.2) is 42.5 Å². The Bertz CT molecular complexity index is 521. The number of carbonyl (C=O) groups excluding carboxylic acids is 2. The highest BCUT2D eigenvalue weighted by molar-refractivity contribution is 9.10. The number of nitrogens with one attached hydrogen (secondary N) is 1. The molecule has 0 unspecified atom stereocenters. The molecule has 1 aromatic rings. The van der Waals surface area contributed by atoms with Crippen LogP contribution in [0.2, 0.25) is 0 Å². The molecule has 2 atom stereocenters. The summed E-state index contributed by atoms with van der Waals surface area (Å²) >= 11 is 3.35. The van der Waals surface area contributed by atoms with Gasteiger partial charge in [0.2, 0.25) is 5.91 Å². The molecule has 6 heteroatoms. The van der Waals surface area contributed by atoms with Crippen molar-refractivity contribution in [3.8, 4) is 5.75 Å². The Balaban J connectivity index is 1.88. The lowest BCUT2D eigenvalue weighted by atomic mass is 10.2. The van der Waals surface area contributed by atoms with Crippen molar-refractivity contribution in [1.82, 2.24) is 10.2 Å². The molecule has 0 saturated carbocycles. The molecule has 1 aliphatic heterocycles. The van der Waals surface area contributed by atoms with Gasteiger partial charge in [0, 0.05) is 24.5 Å². The van der Waals surface area contributed by atoms with Crippen LogP contribution in [0.3, 0.4) is 0 Å². The smallest absolute Gasteiger partial charge is 0.261 e. The Morgan fingerprint density at radius 3 is 2.90 bits per heavy atom. The number of nitrogens with zero attached hydrogens (tertiary/aromatic N) is 1. The molecule has 20 heavy (non-hydrogen) atoms. The first-order valence-corrected chi connectivity index (χ1v) is 7.21. The van der Waals surface area contributed by atoms with E-state index in [1.54, 1.807) is 31.0 Å². The van der Waals surface area contributed by atoms with E-state index in [0.717, 1.165) is 4.47 Å². The summed E-state index contributed by atoms with van der Waals surface area (Å²) in [5, 5.41) is 2.84. The highest BCUT2D eigenvalue weighted by Crippen LogP contribution is 2.19. The van der Waals surface area contributed by atoms with Crippen LogP contribution >= 0.6 is 15.9 Å². The van der Waals surface area contributed by atoms with E-state index in [2.05, 4.69) is 21.2 Å². The zero-order chi connectivity index (χ0) is 14.7. The molecular formula is C14H17BrN2O3. The van der Waals surface area contributed by atoms with E-state index >= 15 is 0 Å². The minimum absolute atomic E-state index is 0.0517. The molecule has 0 aliphatic carbocycles. The maximum Gasteiger partial charge on any atom is 0.261 e. The van der Waals surface area contributed by atoms with Crippen molar-refractivity contribution in [1.29, 1.82) is 0 Å². The maximum atomic E-state index is 12.0. The first-order valence-electron chi connectivity index (χ1n) is 6.42. The number of likely N-dealkylation sites (N-methyl/N-ethyl adjacent to an activating group) is 1. The molecule has 1 heterocycles. The zero-order valence-corrected chi connectivity index (χ0v) is 13.0. The highest BCUT2D eigenvalue weighted by atomic mass is 79.9. The third-order valence-electron chi connectivity index (χ3n) is 3.17. The molecule has 1 fully saturated rings. The third kappa shape index (κ3) is 3.72. The van der Waals surface area contributed by atoms with Crippen LogP contribution in [0.5, 0.6) is 5.75 Å². The average Bonchev–Trinajstić information content (AvgIpc) is 2.68. The summed E-state index contributed by atoms with van der Waals surface area (Å²) < 4.78 is 6.47. The van der Waals surface area contributed by atoms with Gasteiger partial charge in [-0.15, -0.1) is 0 Å². The topological polar surface area (TPSA) is 58.6 Å². The molecule has 0 spiro atoms. The van der Waals surface area contributed by atoms with E-state index < -0.39 is 6.10 Å². The van der Waals surface area contributed by atoms with E-state index in [-0.39, 0.29) is 17.9 Å². The van der Waals surface area contributed by atoms with Crippen LogP contribution in [-0.2, 0) is 9.59 Å². The van der Waals surface area contributed by atoms with E-state index in [9.17, 15) is 9.59 Å². The van der Waals surface area contributed by atoms with Crippen molar-refractivity contribution in [3.05, 3.63) is 28.7 Å². The van der Waals surface area contributed by atoms with Crippen LogP contribution < -0.4 is 10.1 Å². The molecule has 0 aromatic heterocycles. The Labute approximate surface area is 126 Å². The van der Waals surface area contributed by atoms with Gasteiger partial charge < -0.3 is 15.0 Å². The van der Waals surface area contributed by atoms with Crippen molar-refractivity contribution in [2.45, 2.75) is 25.5 Å². The van der Waals surface area contributed by atoms with Crippen LogP contribution in [0.15, 0.2) is 28.7 Å². The lowest BCUT2D eigenvalue weighted by molar-refractivity contribution is -0.127. The number of hydrogen-bond acceptors (Lipinski definition) is 3. The molecule has 0 bridgehead atoms. The van der Waals surface area contributed by atoms with Crippen LogP contribution in [0.25, 0.3) is 0 Å². The fraction of sp³-hybridized carbons (Fsp3) is 0.429. The summed E-state index contributed by atoms with van der Waals surface area (Å²) in [6.07, 6.45) is -0.253. The minimum Gasteiger partial charge on any atom is -0.481 e. The van der Waals surface area contributed by atoms with Gasteiger partial charge in [0.05, 0.1) is 6.04 Å². The molecule has 2 amide bonds. The quantitative estimate of drug-likeness (QED) is 0.904. The fourth-order valence-electron chi connectivity index (χ4n) is 2.08. The fourth-order valence-corrected chi connectivity index (χ4v) is 2.45. The van der Waals surface area contributed by atoms with Crippen molar-refractivity contribution >= 4 is 27.7 Å². The Kier molecular flexibility index (Phi) is 4.65. The van der Waals surface area contributed by atoms with Crippen molar-refractivity contribution in [2.75, 3.05) is 13.6 Å². The predicted molar refractivity (Wildman–Crippen MR) is 78.4 cm³/mol. The molecular weight excluding hydrogens is 324 g/mol. The highest BCUT2D eigenvalue weighted by Gasteiger charge is 2.29. The number of hydrogen-bond donors (Lipinski definition) is 1. The van der Waals surface area contributed by atoms with Gasteiger partial charge in [0.25, 0.3) is 5.91 Å². The lowest BCUT2D eigenvalue weighted by Gasteiger charge is -2.18. The number of ether oxygens (including phenoxy) is 1. The summed E-state index contributed by atoms with van der Waals surface area (Å²) in [4.78, 5) is 25.0. The third-order valence-corrected chi connectivity index (χ3v) is 3.66. The van der Waals surface area contributed by atoms with Crippen LogP contribution in [0.1, 0.15) is 13.3 Å². The van der Waals surface area contributed by atoms with Gasteiger partial charge in [-0.25, -0.2) is 0 Å². The molecule has 0 radical (unpaired) electrons. The summed E-state index contributed by atoms with van der Waals surface area (Å²) in [6, 6.07) is 7.19. The molecule has 1 aromatic carbocycles. The molecule has 108 valence electrons. The Morgan fingerprint density at radius 1 is 1.55 bits per heavy atom. The van der Waals surface area contributed by atoms with Crippen LogP contribution in [0, 0.1) is 0 Å². The van der Waals surface area contributed by atoms with E-state index in [1.165, 1.54) is 0 Å². The predicted octanol–water partition coefficient (Wildman–Crippen LogP) is 1.56. The second kappa shape index (κ2) is 6.26. The first-order chi connectivity index (χ1) is 9.45. The summed E-state index contributed by atoms with van der Waals surface area (Å²) in [5.41, 5.74) is 0. The molecule has 1 N–H and O–H groups in total. The van der Waals surface area contributed by atoms with Gasteiger partial charge >= 0.3 is 0 Å². The van der Waals surface area contributed by atoms with Crippen LogP contribution in [0.4, 0.5) is 0 Å². The monoisotopic (exact) mass is 340 g/mol. The maximum absolute atomic E-state index is 12.0.